The summed E-state index contributed by atoms with van der Waals surface area (Å²) in [6.45, 7) is 2.65. The van der Waals surface area contributed by atoms with E-state index >= 15 is 0 Å². The summed E-state index contributed by atoms with van der Waals surface area (Å²) in [6, 6.07) is 1.32. The Bertz CT molecular complexity index is 352. The lowest BCUT2D eigenvalue weighted by atomic mass is 10.2. The standard InChI is InChI=1S/C8H7F5N2/c1-4-3-5(2)15-6(14-4)7(9,10)8(11,12)13/h3H,1-2H3. The third-order valence-corrected chi connectivity index (χ3v) is 1.62. The Kier molecular flexibility index (Phi) is 2.67. The quantitative estimate of drug-likeness (QED) is 0.688. The molecule has 7 heteroatoms. The van der Waals surface area contributed by atoms with Crippen LogP contribution in [0.5, 0.6) is 0 Å². The van der Waals surface area contributed by atoms with Gasteiger partial charge in [-0.15, -0.1) is 0 Å². The Morgan fingerprint density at radius 3 is 1.67 bits per heavy atom. The molecule has 15 heavy (non-hydrogen) atoms. The summed E-state index contributed by atoms with van der Waals surface area (Å²) >= 11 is 0. The normalized spacial score (nSPS) is 13.0. The van der Waals surface area contributed by atoms with Crippen LogP contribution in [0, 0.1) is 13.8 Å². The van der Waals surface area contributed by atoms with Gasteiger partial charge in [0.25, 0.3) is 0 Å². The van der Waals surface area contributed by atoms with Gasteiger partial charge >= 0.3 is 12.1 Å². The third-order valence-electron chi connectivity index (χ3n) is 1.62. The fourth-order valence-corrected chi connectivity index (χ4v) is 0.993. The number of hydrogen-bond donors (Lipinski definition) is 0. The fourth-order valence-electron chi connectivity index (χ4n) is 0.993. The van der Waals surface area contributed by atoms with Gasteiger partial charge in [0.2, 0.25) is 5.82 Å². The molecule has 1 heterocycles. The van der Waals surface area contributed by atoms with Gasteiger partial charge in [0.05, 0.1) is 0 Å². The molecule has 0 bridgehead atoms. The number of halogens is 5. The molecule has 0 aromatic carbocycles. The molecule has 0 saturated heterocycles. The van der Waals surface area contributed by atoms with E-state index in [1.807, 2.05) is 0 Å². The number of rotatable bonds is 1. The third kappa shape index (κ3) is 2.21. The molecular weight excluding hydrogens is 219 g/mol. The number of nitrogens with zero attached hydrogens (tertiary/aromatic N) is 2. The zero-order chi connectivity index (χ0) is 11.9. The first-order valence-electron chi connectivity index (χ1n) is 3.92. The van der Waals surface area contributed by atoms with Crippen molar-refractivity contribution in [2.45, 2.75) is 25.9 Å². The Morgan fingerprint density at radius 2 is 1.33 bits per heavy atom. The van der Waals surface area contributed by atoms with Crippen LogP contribution in [0.2, 0.25) is 0 Å². The lowest BCUT2D eigenvalue weighted by molar-refractivity contribution is -0.292. The van der Waals surface area contributed by atoms with Gasteiger partial charge in [0.15, 0.2) is 0 Å². The van der Waals surface area contributed by atoms with Gasteiger partial charge in [-0.3, -0.25) is 0 Å². The van der Waals surface area contributed by atoms with Crippen molar-refractivity contribution < 1.29 is 22.0 Å². The van der Waals surface area contributed by atoms with E-state index in [-0.39, 0.29) is 11.4 Å². The molecule has 1 aromatic heterocycles. The van der Waals surface area contributed by atoms with Gasteiger partial charge in [-0.1, -0.05) is 0 Å². The minimum Gasteiger partial charge on any atom is -0.232 e. The van der Waals surface area contributed by atoms with E-state index in [4.69, 9.17) is 0 Å². The summed E-state index contributed by atoms with van der Waals surface area (Å²) in [6.07, 6.45) is -5.67. The lowest BCUT2D eigenvalue weighted by Gasteiger charge is -2.18. The molecule has 1 aromatic rings. The van der Waals surface area contributed by atoms with E-state index in [0.717, 1.165) is 0 Å². The van der Waals surface area contributed by atoms with Crippen LogP contribution >= 0.6 is 0 Å². The first-order valence-corrected chi connectivity index (χ1v) is 3.92. The van der Waals surface area contributed by atoms with Crippen molar-refractivity contribution >= 4 is 0 Å². The van der Waals surface area contributed by atoms with Crippen molar-refractivity contribution in [3.05, 3.63) is 23.3 Å². The van der Waals surface area contributed by atoms with Gasteiger partial charge in [0.1, 0.15) is 0 Å². The van der Waals surface area contributed by atoms with Crippen molar-refractivity contribution in [3.8, 4) is 0 Å². The Balaban J connectivity index is 3.27. The predicted molar refractivity (Wildman–Crippen MR) is 41.5 cm³/mol. The van der Waals surface area contributed by atoms with E-state index in [1.165, 1.54) is 19.9 Å². The molecular formula is C8H7F5N2. The van der Waals surface area contributed by atoms with E-state index in [1.54, 1.807) is 0 Å². The average Bonchev–Trinajstić information content (AvgIpc) is 1.99. The Morgan fingerprint density at radius 1 is 0.933 bits per heavy atom. The second kappa shape index (κ2) is 3.39. The van der Waals surface area contributed by atoms with Gasteiger partial charge in [-0.2, -0.15) is 22.0 Å². The van der Waals surface area contributed by atoms with E-state index < -0.39 is 17.9 Å². The molecule has 0 radical (unpaired) electrons. The smallest absolute Gasteiger partial charge is 0.232 e. The summed E-state index contributed by atoms with van der Waals surface area (Å²) in [7, 11) is 0. The zero-order valence-electron chi connectivity index (χ0n) is 7.86. The van der Waals surface area contributed by atoms with Crippen molar-refractivity contribution in [1.29, 1.82) is 0 Å². The molecule has 0 fully saturated rings. The maximum Gasteiger partial charge on any atom is 0.461 e. The minimum absolute atomic E-state index is 0.0708. The van der Waals surface area contributed by atoms with Crippen molar-refractivity contribution in [3.63, 3.8) is 0 Å². The van der Waals surface area contributed by atoms with Crippen LogP contribution in [0.25, 0.3) is 0 Å². The molecule has 0 atom stereocenters. The lowest BCUT2D eigenvalue weighted by Crippen LogP contribution is -2.35. The molecule has 0 aliphatic rings. The number of hydrogen-bond acceptors (Lipinski definition) is 2. The summed E-state index contributed by atoms with van der Waals surface area (Å²) in [5.41, 5.74) is 0.142. The van der Waals surface area contributed by atoms with Crippen LogP contribution in [0.1, 0.15) is 17.2 Å². The molecule has 0 N–H and O–H groups in total. The summed E-state index contributed by atoms with van der Waals surface area (Å²) in [4.78, 5) is 6.18. The van der Waals surface area contributed by atoms with Gasteiger partial charge in [0, 0.05) is 11.4 Å². The number of aryl methyl sites for hydroxylation is 2. The van der Waals surface area contributed by atoms with Crippen LogP contribution in [0.15, 0.2) is 6.07 Å². The van der Waals surface area contributed by atoms with Crippen molar-refractivity contribution in [1.82, 2.24) is 9.97 Å². The van der Waals surface area contributed by atoms with E-state index in [2.05, 4.69) is 9.97 Å². The highest BCUT2D eigenvalue weighted by molar-refractivity contribution is 5.12. The highest BCUT2D eigenvalue weighted by Crippen LogP contribution is 2.42. The Hall–Kier alpha value is -1.27. The highest BCUT2D eigenvalue weighted by atomic mass is 19.4. The van der Waals surface area contributed by atoms with Crippen molar-refractivity contribution in [2.24, 2.45) is 0 Å². The number of aromatic nitrogens is 2. The number of alkyl halides is 5. The largest absolute Gasteiger partial charge is 0.461 e. The topological polar surface area (TPSA) is 25.8 Å². The van der Waals surface area contributed by atoms with Gasteiger partial charge in [-0.25, -0.2) is 9.97 Å². The second-order valence-corrected chi connectivity index (χ2v) is 3.05. The molecule has 2 nitrogen and oxygen atoms in total. The molecule has 0 saturated carbocycles. The summed E-state index contributed by atoms with van der Waals surface area (Å²) in [5.74, 6) is -6.52. The Labute approximate surface area is 82.2 Å². The first-order chi connectivity index (χ1) is 6.64. The molecule has 1 rings (SSSR count). The average molecular weight is 226 g/mol. The van der Waals surface area contributed by atoms with Crippen molar-refractivity contribution in [2.75, 3.05) is 0 Å². The fraction of sp³-hybridized carbons (Fsp3) is 0.500. The van der Waals surface area contributed by atoms with E-state index in [0.29, 0.717) is 0 Å². The second-order valence-electron chi connectivity index (χ2n) is 3.05. The molecule has 0 aliphatic carbocycles. The van der Waals surface area contributed by atoms with Crippen LogP contribution in [-0.2, 0) is 5.92 Å². The summed E-state index contributed by atoms with van der Waals surface area (Å²) < 4.78 is 61.4. The van der Waals surface area contributed by atoms with Crippen LogP contribution < -0.4 is 0 Å². The van der Waals surface area contributed by atoms with E-state index in [9.17, 15) is 22.0 Å². The van der Waals surface area contributed by atoms with Gasteiger partial charge in [-0.05, 0) is 19.9 Å². The summed E-state index contributed by atoms with van der Waals surface area (Å²) in [5, 5.41) is 0. The van der Waals surface area contributed by atoms with Gasteiger partial charge < -0.3 is 0 Å². The van der Waals surface area contributed by atoms with Crippen LogP contribution in [0.3, 0.4) is 0 Å². The SMILES string of the molecule is Cc1cc(C)nc(C(F)(F)C(F)(F)F)n1. The van der Waals surface area contributed by atoms with Crippen LogP contribution in [-0.4, -0.2) is 16.1 Å². The van der Waals surface area contributed by atoms with Crippen LogP contribution in [0.4, 0.5) is 22.0 Å². The predicted octanol–water partition coefficient (Wildman–Crippen LogP) is 2.75. The zero-order valence-corrected chi connectivity index (χ0v) is 7.86. The maximum absolute atomic E-state index is 12.8. The maximum atomic E-state index is 12.8. The molecule has 84 valence electrons. The molecule has 0 unspecified atom stereocenters. The minimum atomic E-state index is -5.67. The first kappa shape index (κ1) is 11.8. The monoisotopic (exact) mass is 226 g/mol. The molecule has 0 aliphatic heterocycles. The highest BCUT2D eigenvalue weighted by Gasteiger charge is 2.61. The molecule has 0 amide bonds. The molecule has 0 spiro atoms.